The number of pyridine rings is 1. The first-order valence-electron chi connectivity index (χ1n) is 6.54. The lowest BCUT2D eigenvalue weighted by Crippen LogP contribution is -2.23. The van der Waals surface area contributed by atoms with Gasteiger partial charge in [0.05, 0.1) is 11.6 Å². The molecule has 0 aromatic carbocycles. The van der Waals surface area contributed by atoms with Crippen LogP contribution in [0.25, 0.3) is 0 Å². The quantitative estimate of drug-likeness (QED) is 0.906. The molecule has 0 amide bonds. The summed E-state index contributed by atoms with van der Waals surface area (Å²) in [4.78, 5) is 7.78. The smallest absolute Gasteiger partial charge is 0.417 e. The van der Waals surface area contributed by atoms with E-state index in [1.54, 1.807) is 0 Å². The molecular weight excluding hydrogens is 287 g/mol. The van der Waals surface area contributed by atoms with Gasteiger partial charge in [0.2, 0.25) is 5.88 Å². The first-order chi connectivity index (χ1) is 9.88. The molecule has 2 N–H and O–H groups in total. The van der Waals surface area contributed by atoms with E-state index in [0.717, 1.165) is 12.3 Å². The standard InChI is InChI=1S/C13H16F3N3O2/c1-2-10(5-9-7-20-12(17)19-9)21-11-4-3-8(6-18-11)13(14,15)16/h3-4,6,9-10H,2,5,7H2,1H3,(H2,17,19)/t9?,10-/m0/s1. The maximum atomic E-state index is 12.4. The van der Waals surface area contributed by atoms with Crippen LogP contribution in [-0.2, 0) is 10.9 Å². The van der Waals surface area contributed by atoms with E-state index in [2.05, 4.69) is 9.98 Å². The second kappa shape index (κ2) is 6.19. The summed E-state index contributed by atoms with van der Waals surface area (Å²) in [6.07, 6.45) is -2.60. The molecule has 1 aliphatic heterocycles. The Hall–Kier alpha value is -1.99. The monoisotopic (exact) mass is 303 g/mol. The van der Waals surface area contributed by atoms with Gasteiger partial charge in [0.25, 0.3) is 6.02 Å². The van der Waals surface area contributed by atoms with Crippen LogP contribution in [-0.4, -0.2) is 29.8 Å². The van der Waals surface area contributed by atoms with Gasteiger partial charge in [-0.05, 0) is 12.5 Å². The van der Waals surface area contributed by atoms with Gasteiger partial charge in [0.1, 0.15) is 12.7 Å². The molecule has 5 nitrogen and oxygen atoms in total. The predicted octanol–water partition coefficient (Wildman–Crippen LogP) is 2.36. The second-order valence-corrected chi connectivity index (χ2v) is 4.70. The fourth-order valence-corrected chi connectivity index (χ4v) is 1.95. The number of amidine groups is 1. The van der Waals surface area contributed by atoms with Gasteiger partial charge in [-0.15, -0.1) is 0 Å². The molecule has 1 unspecified atom stereocenters. The molecule has 1 aliphatic rings. The van der Waals surface area contributed by atoms with E-state index in [9.17, 15) is 13.2 Å². The first-order valence-corrected chi connectivity index (χ1v) is 6.54. The molecular formula is C13H16F3N3O2. The highest BCUT2D eigenvalue weighted by atomic mass is 19.4. The molecule has 8 heteroatoms. The number of hydrogen-bond acceptors (Lipinski definition) is 5. The van der Waals surface area contributed by atoms with Gasteiger partial charge in [-0.1, -0.05) is 6.92 Å². The average Bonchev–Trinajstić information content (AvgIpc) is 2.83. The lowest BCUT2D eigenvalue weighted by Gasteiger charge is -2.18. The Balaban J connectivity index is 1.95. The maximum Gasteiger partial charge on any atom is 0.417 e. The largest absolute Gasteiger partial charge is 0.474 e. The highest BCUT2D eigenvalue weighted by Gasteiger charge is 2.31. The molecule has 0 aliphatic carbocycles. The van der Waals surface area contributed by atoms with Crippen LogP contribution >= 0.6 is 0 Å². The number of hydrogen-bond donors (Lipinski definition) is 1. The van der Waals surface area contributed by atoms with E-state index in [0.29, 0.717) is 19.4 Å². The van der Waals surface area contributed by atoms with Gasteiger partial charge in [-0.2, -0.15) is 13.2 Å². The van der Waals surface area contributed by atoms with Crippen LogP contribution in [0.5, 0.6) is 5.88 Å². The molecule has 0 saturated carbocycles. The van der Waals surface area contributed by atoms with Crippen molar-refractivity contribution < 1.29 is 22.6 Å². The van der Waals surface area contributed by atoms with Gasteiger partial charge >= 0.3 is 6.18 Å². The fourth-order valence-electron chi connectivity index (χ4n) is 1.95. The van der Waals surface area contributed by atoms with Crippen molar-refractivity contribution in [3.63, 3.8) is 0 Å². The SMILES string of the molecule is CC[C@@H](CC1COC(N)=N1)Oc1ccc(C(F)(F)F)cn1. The van der Waals surface area contributed by atoms with Gasteiger partial charge in [-0.25, -0.2) is 9.98 Å². The lowest BCUT2D eigenvalue weighted by atomic mass is 10.1. The molecule has 0 spiro atoms. The van der Waals surface area contributed by atoms with Crippen molar-refractivity contribution in [1.29, 1.82) is 0 Å². The minimum atomic E-state index is -4.40. The zero-order valence-corrected chi connectivity index (χ0v) is 11.4. The zero-order valence-electron chi connectivity index (χ0n) is 11.4. The van der Waals surface area contributed by atoms with Crippen molar-refractivity contribution in [1.82, 2.24) is 4.98 Å². The summed E-state index contributed by atoms with van der Waals surface area (Å²) < 4.78 is 47.9. The Morgan fingerprint density at radius 3 is 2.71 bits per heavy atom. The number of alkyl halides is 3. The topological polar surface area (TPSA) is 69.7 Å². The minimum Gasteiger partial charge on any atom is -0.474 e. The summed E-state index contributed by atoms with van der Waals surface area (Å²) in [5.74, 6) is 0.158. The molecule has 2 atom stereocenters. The number of nitrogens with two attached hydrogens (primary N) is 1. The molecule has 116 valence electrons. The molecule has 1 aromatic rings. The summed E-state index contributed by atoms with van der Waals surface area (Å²) in [5, 5.41) is 0. The summed E-state index contributed by atoms with van der Waals surface area (Å²) >= 11 is 0. The molecule has 2 heterocycles. The van der Waals surface area contributed by atoms with E-state index >= 15 is 0 Å². The molecule has 0 bridgehead atoms. The summed E-state index contributed by atoms with van der Waals surface area (Å²) in [6, 6.07) is 2.23. The fraction of sp³-hybridized carbons (Fsp3) is 0.538. The summed E-state index contributed by atoms with van der Waals surface area (Å²) in [7, 11) is 0. The summed E-state index contributed by atoms with van der Waals surface area (Å²) in [6.45, 7) is 2.31. The Morgan fingerprint density at radius 2 is 2.24 bits per heavy atom. The Morgan fingerprint density at radius 1 is 1.48 bits per heavy atom. The lowest BCUT2D eigenvalue weighted by molar-refractivity contribution is -0.137. The number of aliphatic imine (C=N–C) groups is 1. The second-order valence-electron chi connectivity index (χ2n) is 4.70. The van der Waals surface area contributed by atoms with E-state index in [1.807, 2.05) is 6.92 Å². The molecule has 1 aromatic heterocycles. The minimum absolute atomic E-state index is 0.0931. The van der Waals surface area contributed by atoms with Crippen molar-refractivity contribution in [2.75, 3.05) is 6.61 Å². The number of ether oxygens (including phenoxy) is 2. The van der Waals surface area contributed by atoms with E-state index in [4.69, 9.17) is 15.2 Å². The maximum absolute atomic E-state index is 12.4. The number of nitrogens with zero attached hydrogens (tertiary/aromatic N) is 2. The van der Waals surface area contributed by atoms with Gasteiger partial charge < -0.3 is 15.2 Å². The number of aromatic nitrogens is 1. The van der Waals surface area contributed by atoms with Crippen LogP contribution in [0.4, 0.5) is 13.2 Å². The van der Waals surface area contributed by atoms with Crippen molar-refractivity contribution >= 4 is 6.02 Å². The van der Waals surface area contributed by atoms with E-state index in [1.165, 1.54) is 6.07 Å². The van der Waals surface area contributed by atoms with Gasteiger partial charge in [0, 0.05) is 18.7 Å². The molecule has 0 saturated heterocycles. The van der Waals surface area contributed by atoms with E-state index in [-0.39, 0.29) is 24.0 Å². The Kier molecular flexibility index (Phi) is 4.54. The Labute approximate surface area is 120 Å². The highest BCUT2D eigenvalue weighted by Crippen LogP contribution is 2.29. The van der Waals surface area contributed by atoms with Crippen molar-refractivity contribution in [2.45, 2.75) is 38.1 Å². The third kappa shape index (κ3) is 4.24. The van der Waals surface area contributed by atoms with Crippen LogP contribution < -0.4 is 10.5 Å². The van der Waals surface area contributed by atoms with Crippen molar-refractivity contribution in [3.05, 3.63) is 23.9 Å². The predicted molar refractivity (Wildman–Crippen MR) is 69.9 cm³/mol. The van der Waals surface area contributed by atoms with Crippen LogP contribution in [0.3, 0.4) is 0 Å². The van der Waals surface area contributed by atoms with Crippen LogP contribution in [0.1, 0.15) is 25.3 Å². The Bertz CT molecular complexity index is 502. The van der Waals surface area contributed by atoms with Crippen LogP contribution in [0, 0.1) is 0 Å². The van der Waals surface area contributed by atoms with E-state index < -0.39 is 11.7 Å². The van der Waals surface area contributed by atoms with Crippen molar-refractivity contribution in [2.24, 2.45) is 10.7 Å². The molecule has 0 radical (unpaired) electrons. The zero-order chi connectivity index (χ0) is 15.5. The number of halogens is 3. The van der Waals surface area contributed by atoms with Gasteiger partial charge in [0.15, 0.2) is 0 Å². The summed E-state index contributed by atoms with van der Waals surface area (Å²) in [5.41, 5.74) is 4.62. The third-order valence-electron chi connectivity index (χ3n) is 3.07. The highest BCUT2D eigenvalue weighted by molar-refractivity contribution is 5.73. The molecule has 2 rings (SSSR count). The number of rotatable bonds is 5. The molecule has 0 fully saturated rings. The molecule has 21 heavy (non-hydrogen) atoms. The van der Waals surface area contributed by atoms with Crippen LogP contribution in [0.15, 0.2) is 23.3 Å². The first kappa shape index (κ1) is 15.4. The third-order valence-corrected chi connectivity index (χ3v) is 3.07. The van der Waals surface area contributed by atoms with Gasteiger partial charge in [-0.3, -0.25) is 0 Å². The van der Waals surface area contributed by atoms with Crippen molar-refractivity contribution in [3.8, 4) is 5.88 Å². The van der Waals surface area contributed by atoms with Crippen LogP contribution in [0.2, 0.25) is 0 Å². The normalized spacial score (nSPS) is 19.8. The average molecular weight is 303 g/mol.